The van der Waals surface area contributed by atoms with Gasteiger partial charge in [-0.15, -0.1) is 0 Å². The molecule has 0 atom stereocenters. The Labute approximate surface area is 209 Å². The molecule has 33 heavy (non-hydrogen) atoms. The summed E-state index contributed by atoms with van der Waals surface area (Å²) in [5.41, 5.74) is 1.72. The van der Waals surface area contributed by atoms with E-state index in [0.717, 1.165) is 16.3 Å². The van der Waals surface area contributed by atoms with Gasteiger partial charge in [-0.05, 0) is 87.8 Å². The molecule has 1 amide bonds. The number of halogens is 2. The lowest BCUT2D eigenvalue weighted by atomic mass is 10.1. The molecule has 2 aromatic carbocycles. The Morgan fingerprint density at radius 3 is 2.39 bits per heavy atom. The number of nitrogens with zero attached hydrogens (tertiary/aromatic N) is 2. The van der Waals surface area contributed by atoms with Crippen LogP contribution in [0.2, 0.25) is 10.0 Å². The summed E-state index contributed by atoms with van der Waals surface area (Å²) in [6.45, 7) is 10.6. The van der Waals surface area contributed by atoms with Gasteiger partial charge in [-0.1, -0.05) is 35.3 Å². The summed E-state index contributed by atoms with van der Waals surface area (Å²) in [4.78, 5) is 20.0. The van der Waals surface area contributed by atoms with Gasteiger partial charge in [-0.2, -0.15) is 0 Å². The first-order chi connectivity index (χ1) is 15.7. The first-order valence-corrected chi connectivity index (χ1v) is 12.4. The van der Waals surface area contributed by atoms with E-state index in [1.807, 2.05) is 71.0 Å². The number of amides is 1. The summed E-state index contributed by atoms with van der Waals surface area (Å²) in [6, 6.07) is 11.1. The molecule has 1 aliphatic rings. The van der Waals surface area contributed by atoms with E-state index in [4.69, 9.17) is 32.7 Å². The van der Waals surface area contributed by atoms with Gasteiger partial charge in [0, 0.05) is 17.1 Å². The number of ether oxygens (including phenoxy) is 2. The van der Waals surface area contributed by atoms with E-state index in [0.29, 0.717) is 39.7 Å². The van der Waals surface area contributed by atoms with Crippen LogP contribution >= 0.6 is 35.0 Å². The lowest BCUT2D eigenvalue weighted by molar-refractivity contribution is -0.123. The third kappa shape index (κ3) is 6.46. The van der Waals surface area contributed by atoms with Gasteiger partial charge in [0.2, 0.25) is 0 Å². The molecule has 0 radical (unpaired) electrons. The smallest absolute Gasteiger partial charge is 0.266 e. The highest BCUT2D eigenvalue weighted by Crippen LogP contribution is 2.40. The molecule has 0 saturated carbocycles. The number of aliphatic imine (C=N–C) groups is 1. The zero-order valence-electron chi connectivity index (χ0n) is 19.4. The highest BCUT2D eigenvalue weighted by atomic mass is 35.5. The van der Waals surface area contributed by atoms with Crippen LogP contribution in [0.25, 0.3) is 6.08 Å². The fourth-order valence-corrected chi connectivity index (χ4v) is 4.85. The summed E-state index contributed by atoms with van der Waals surface area (Å²) >= 11 is 13.9. The Morgan fingerprint density at radius 1 is 1.09 bits per heavy atom. The van der Waals surface area contributed by atoms with Crippen molar-refractivity contribution in [2.75, 3.05) is 6.61 Å². The predicted octanol–water partition coefficient (Wildman–Crippen LogP) is 7.06. The second kappa shape index (κ2) is 11.3. The minimum absolute atomic E-state index is 0.0135. The Morgan fingerprint density at radius 2 is 1.79 bits per heavy atom. The number of hydrogen-bond donors (Lipinski definition) is 0. The average molecular weight is 507 g/mol. The Bertz CT molecular complexity index is 1070. The second-order valence-corrected chi connectivity index (χ2v) is 9.92. The van der Waals surface area contributed by atoms with E-state index in [2.05, 4.69) is 4.99 Å². The Kier molecular flexibility index (Phi) is 8.74. The molecule has 0 aliphatic carbocycles. The van der Waals surface area contributed by atoms with E-state index in [1.54, 1.807) is 11.0 Å². The van der Waals surface area contributed by atoms with Gasteiger partial charge in [0.1, 0.15) is 6.61 Å². The first kappa shape index (κ1) is 25.5. The van der Waals surface area contributed by atoms with Crippen LogP contribution in [-0.4, -0.2) is 34.7 Å². The monoisotopic (exact) mass is 506 g/mol. The van der Waals surface area contributed by atoms with Crippen molar-refractivity contribution in [1.29, 1.82) is 0 Å². The number of amidine groups is 1. The molecule has 0 aromatic heterocycles. The number of hydrogen-bond acceptors (Lipinski definition) is 5. The topological polar surface area (TPSA) is 51.1 Å². The summed E-state index contributed by atoms with van der Waals surface area (Å²) in [7, 11) is 0. The molecule has 0 N–H and O–H groups in total. The maximum Gasteiger partial charge on any atom is 0.266 e. The molecule has 1 fully saturated rings. The maximum atomic E-state index is 13.0. The molecule has 0 unspecified atom stereocenters. The number of rotatable bonds is 8. The summed E-state index contributed by atoms with van der Waals surface area (Å²) in [6.07, 6.45) is 1.82. The van der Waals surface area contributed by atoms with Gasteiger partial charge in [0.25, 0.3) is 5.91 Å². The number of carbonyl (C=O) groups is 1. The largest absolute Gasteiger partial charge is 0.490 e. The SMILES string of the molecule is CCOc1cc(/C=C2/SC(=NC(C)C)N(C(C)C)C2=O)cc(Cl)c1OCc1ccc(Cl)cc1. The molecule has 5 nitrogen and oxygen atoms in total. The highest BCUT2D eigenvalue weighted by Gasteiger charge is 2.35. The van der Waals surface area contributed by atoms with Crippen molar-refractivity contribution in [2.45, 2.75) is 53.3 Å². The fraction of sp³-hybridized carbons (Fsp3) is 0.360. The summed E-state index contributed by atoms with van der Waals surface area (Å²) in [5, 5.41) is 1.80. The molecule has 1 saturated heterocycles. The van der Waals surface area contributed by atoms with E-state index >= 15 is 0 Å². The van der Waals surface area contributed by atoms with Crippen molar-refractivity contribution in [3.05, 3.63) is 62.5 Å². The molecule has 0 bridgehead atoms. The van der Waals surface area contributed by atoms with Crippen LogP contribution in [0.15, 0.2) is 46.3 Å². The van der Waals surface area contributed by atoms with E-state index in [1.165, 1.54) is 11.8 Å². The third-order valence-electron chi connectivity index (χ3n) is 4.65. The van der Waals surface area contributed by atoms with Crippen molar-refractivity contribution < 1.29 is 14.3 Å². The van der Waals surface area contributed by atoms with Crippen LogP contribution in [0.4, 0.5) is 0 Å². The zero-order valence-corrected chi connectivity index (χ0v) is 21.7. The van der Waals surface area contributed by atoms with Crippen LogP contribution in [-0.2, 0) is 11.4 Å². The lowest BCUT2D eigenvalue weighted by Gasteiger charge is -2.20. The molecule has 1 aliphatic heterocycles. The van der Waals surface area contributed by atoms with Gasteiger partial charge < -0.3 is 9.47 Å². The average Bonchev–Trinajstić information content (AvgIpc) is 3.03. The Hall–Kier alpha value is -2.15. The van der Waals surface area contributed by atoms with Gasteiger partial charge in [0.15, 0.2) is 16.7 Å². The van der Waals surface area contributed by atoms with Gasteiger partial charge in [-0.25, -0.2) is 0 Å². The Balaban J connectivity index is 1.90. The van der Waals surface area contributed by atoms with Crippen LogP contribution in [0.5, 0.6) is 11.5 Å². The molecule has 3 rings (SSSR count). The van der Waals surface area contributed by atoms with Crippen molar-refractivity contribution in [2.24, 2.45) is 4.99 Å². The lowest BCUT2D eigenvalue weighted by Crippen LogP contribution is -2.35. The van der Waals surface area contributed by atoms with Crippen molar-refractivity contribution >= 4 is 52.1 Å². The predicted molar refractivity (Wildman–Crippen MR) is 139 cm³/mol. The molecular weight excluding hydrogens is 479 g/mol. The van der Waals surface area contributed by atoms with Crippen LogP contribution < -0.4 is 9.47 Å². The van der Waals surface area contributed by atoms with Gasteiger partial charge in [0.05, 0.1) is 16.5 Å². The minimum Gasteiger partial charge on any atom is -0.490 e. The molecule has 8 heteroatoms. The highest BCUT2D eigenvalue weighted by molar-refractivity contribution is 8.18. The molecule has 176 valence electrons. The number of carbonyl (C=O) groups excluding carboxylic acids is 1. The normalized spacial score (nSPS) is 16.5. The second-order valence-electron chi connectivity index (χ2n) is 8.06. The number of benzene rings is 2. The molecular formula is C25H28Cl2N2O3S. The van der Waals surface area contributed by atoms with E-state index < -0.39 is 0 Å². The minimum atomic E-state index is -0.0634. The fourth-order valence-electron chi connectivity index (χ4n) is 3.21. The standard InChI is InChI=1S/C25H28Cl2N2O3S/c1-6-31-21-12-18(11-20(27)23(21)32-14-17-7-9-19(26)10-8-17)13-22-24(30)29(16(4)5)25(33-22)28-15(2)3/h7-13,15-16H,6,14H2,1-5H3/b22-13+,28-25?. The first-order valence-electron chi connectivity index (χ1n) is 10.8. The molecule has 2 aromatic rings. The van der Waals surface area contributed by atoms with Gasteiger partial charge in [-0.3, -0.25) is 14.7 Å². The third-order valence-corrected chi connectivity index (χ3v) is 6.18. The van der Waals surface area contributed by atoms with Crippen LogP contribution in [0, 0.1) is 0 Å². The summed E-state index contributed by atoms with van der Waals surface area (Å²) < 4.78 is 11.8. The quantitative estimate of drug-likeness (QED) is 0.359. The van der Waals surface area contributed by atoms with E-state index in [-0.39, 0.29) is 18.0 Å². The zero-order chi connectivity index (χ0) is 24.1. The molecule has 1 heterocycles. The van der Waals surface area contributed by atoms with Crippen LogP contribution in [0.1, 0.15) is 45.7 Å². The van der Waals surface area contributed by atoms with Crippen molar-refractivity contribution in [1.82, 2.24) is 4.90 Å². The van der Waals surface area contributed by atoms with E-state index in [9.17, 15) is 4.79 Å². The van der Waals surface area contributed by atoms with Crippen molar-refractivity contribution in [3.63, 3.8) is 0 Å². The number of thioether (sulfide) groups is 1. The summed E-state index contributed by atoms with van der Waals surface area (Å²) in [5.74, 6) is 0.927. The van der Waals surface area contributed by atoms with Crippen LogP contribution in [0.3, 0.4) is 0 Å². The maximum absolute atomic E-state index is 13.0. The van der Waals surface area contributed by atoms with Crippen molar-refractivity contribution in [3.8, 4) is 11.5 Å². The molecule has 0 spiro atoms. The van der Waals surface area contributed by atoms with Gasteiger partial charge >= 0.3 is 0 Å².